The maximum Gasteiger partial charge on any atom is 0.328 e. The number of ketones is 1. The van der Waals surface area contributed by atoms with Crippen LogP contribution in [0.15, 0.2) is 60.7 Å². The van der Waals surface area contributed by atoms with Crippen LogP contribution in [0.4, 0.5) is 0 Å². The zero-order valence-corrected chi connectivity index (χ0v) is 19.4. The Morgan fingerprint density at radius 1 is 1.00 bits per heavy atom. The molecule has 3 aromatic carbocycles. The van der Waals surface area contributed by atoms with Crippen LogP contribution in [-0.4, -0.2) is 22.0 Å². The number of fused-ring (bicyclic) bond motifs is 1. The highest BCUT2D eigenvalue weighted by Crippen LogP contribution is 2.43. The van der Waals surface area contributed by atoms with Gasteiger partial charge in [0.2, 0.25) is 10.8 Å². The number of carbonyl (C=O) groups is 2. The SMILES string of the molecule is Cc1cc([ClH+])cc(C)c1C(=O)c1sc2cc(O)ccc2c1Oc1ccc(/C=C/C(=O)O)cc1. The molecule has 0 saturated carbocycles. The molecule has 2 N–H and O–H groups in total. The molecule has 1 aromatic heterocycles. The lowest BCUT2D eigenvalue weighted by Crippen LogP contribution is -2.06. The number of thiophene rings is 1. The summed E-state index contributed by atoms with van der Waals surface area (Å²) >= 11 is 6.53. The number of benzene rings is 3. The summed E-state index contributed by atoms with van der Waals surface area (Å²) in [5.74, 6) is -0.182. The summed E-state index contributed by atoms with van der Waals surface area (Å²) in [5.41, 5.74) is 2.88. The second-order valence-corrected chi connectivity index (χ2v) is 9.07. The summed E-state index contributed by atoms with van der Waals surface area (Å²) < 4.78 is 6.90. The molecule has 0 unspecified atom stereocenters. The van der Waals surface area contributed by atoms with Crippen LogP contribution >= 0.6 is 11.3 Å². The minimum absolute atomic E-state index is 0.103. The van der Waals surface area contributed by atoms with E-state index in [1.807, 2.05) is 13.8 Å². The molecule has 0 amide bonds. The second-order valence-electron chi connectivity index (χ2n) is 7.54. The van der Waals surface area contributed by atoms with Crippen LogP contribution in [0, 0.1) is 25.4 Å². The number of rotatable bonds is 6. The number of hydrogen-bond acceptors (Lipinski definition) is 5. The molecule has 4 aromatic rings. The summed E-state index contributed by atoms with van der Waals surface area (Å²) in [6.07, 6.45) is 2.54. The van der Waals surface area contributed by atoms with Crippen molar-refractivity contribution in [2.45, 2.75) is 13.8 Å². The molecule has 33 heavy (non-hydrogen) atoms. The first-order chi connectivity index (χ1) is 15.7. The van der Waals surface area contributed by atoms with Crippen LogP contribution in [0.2, 0.25) is 5.02 Å². The third-order valence-corrected chi connectivity index (χ3v) is 6.45. The largest absolute Gasteiger partial charge is 0.508 e. The summed E-state index contributed by atoms with van der Waals surface area (Å²) in [6.45, 7) is 3.72. The quantitative estimate of drug-likeness (QED) is 0.260. The van der Waals surface area contributed by atoms with Crippen molar-refractivity contribution >= 4 is 39.3 Å². The number of carbonyl (C=O) groups excluding carboxylic acids is 1. The molecule has 0 fully saturated rings. The Labute approximate surface area is 199 Å². The van der Waals surface area contributed by atoms with Gasteiger partial charge in [-0.3, -0.25) is 4.79 Å². The third kappa shape index (κ3) is 4.77. The van der Waals surface area contributed by atoms with E-state index in [0.29, 0.717) is 37.9 Å². The number of halogens is 1. The van der Waals surface area contributed by atoms with E-state index in [4.69, 9.17) is 21.4 Å². The van der Waals surface area contributed by atoms with E-state index in [1.54, 1.807) is 54.6 Å². The minimum atomic E-state index is -1.03. The molecule has 7 heteroatoms. The molecule has 166 valence electrons. The van der Waals surface area contributed by atoms with Gasteiger partial charge in [0.05, 0.1) is 0 Å². The van der Waals surface area contributed by atoms with Crippen molar-refractivity contribution in [2.75, 3.05) is 0 Å². The van der Waals surface area contributed by atoms with Crippen LogP contribution < -0.4 is 4.74 Å². The smallest absolute Gasteiger partial charge is 0.328 e. The normalized spacial score (nSPS) is 11.2. The van der Waals surface area contributed by atoms with Gasteiger partial charge in [-0.15, -0.1) is 11.3 Å². The lowest BCUT2D eigenvalue weighted by Gasteiger charge is -2.10. The van der Waals surface area contributed by atoms with E-state index in [-0.39, 0.29) is 11.5 Å². The first-order valence-corrected chi connectivity index (χ1v) is 11.2. The molecule has 0 aliphatic rings. The predicted octanol–water partition coefficient (Wildman–Crippen LogP) is 6.04. The van der Waals surface area contributed by atoms with Crippen molar-refractivity contribution in [1.82, 2.24) is 0 Å². The van der Waals surface area contributed by atoms with Gasteiger partial charge in [-0.2, -0.15) is 0 Å². The lowest BCUT2D eigenvalue weighted by molar-refractivity contribution is -0.289. The van der Waals surface area contributed by atoms with Gasteiger partial charge in [-0.25, -0.2) is 4.79 Å². The van der Waals surface area contributed by atoms with E-state index >= 15 is 0 Å². The van der Waals surface area contributed by atoms with Gasteiger partial charge in [0.1, 0.15) is 16.4 Å². The summed E-state index contributed by atoms with van der Waals surface area (Å²) in [6, 6.07) is 15.4. The van der Waals surface area contributed by atoms with E-state index < -0.39 is 5.97 Å². The Morgan fingerprint density at radius 3 is 2.30 bits per heavy atom. The third-order valence-electron chi connectivity index (χ3n) is 5.09. The molecule has 4 rings (SSSR count). The Morgan fingerprint density at radius 2 is 1.67 bits per heavy atom. The molecule has 0 aliphatic carbocycles. The first-order valence-electron chi connectivity index (χ1n) is 10.0. The zero-order valence-electron chi connectivity index (χ0n) is 17.8. The van der Waals surface area contributed by atoms with Crippen LogP contribution in [0.25, 0.3) is 16.2 Å². The van der Waals surface area contributed by atoms with Crippen LogP contribution in [-0.2, 0) is 4.79 Å². The molecule has 0 saturated heterocycles. The van der Waals surface area contributed by atoms with Crippen LogP contribution in [0.5, 0.6) is 17.2 Å². The standard InChI is InChI=1S/C26H19ClO5S/c1-14-11-17(27)12-15(2)23(14)24(31)26-25(20-9-6-18(28)13-21(20)33-26)32-19-7-3-16(4-8-19)5-10-22(29)30/h3-13,27H,1-2H3,(H-,28,29,30,31)/p+1/b10-5+. The molecular formula is C26H20ClO5S+. The van der Waals surface area contributed by atoms with Crippen molar-refractivity contribution in [3.63, 3.8) is 0 Å². The Bertz CT molecular complexity index is 1390. The maximum absolute atomic E-state index is 13.6. The fraction of sp³-hybridized carbons (Fsp3) is 0.0769. The Hall–Kier alpha value is -3.61. The monoisotopic (exact) mass is 479 g/mol. The second kappa shape index (κ2) is 9.10. The molecule has 0 spiro atoms. The van der Waals surface area contributed by atoms with Gasteiger partial charge >= 0.3 is 5.97 Å². The molecule has 5 nitrogen and oxygen atoms in total. The number of ether oxygens (including phenoxy) is 1. The Kier molecular flexibility index (Phi) is 6.22. The van der Waals surface area contributed by atoms with Crippen molar-refractivity contribution in [3.8, 4) is 17.2 Å². The number of hydrogen-bond donors (Lipinski definition) is 2. The number of aliphatic carboxylic acids is 1. The van der Waals surface area contributed by atoms with Crippen molar-refractivity contribution < 1.29 is 36.1 Å². The summed E-state index contributed by atoms with van der Waals surface area (Å²) in [4.78, 5) is 24.8. The molecule has 0 atom stereocenters. The predicted molar refractivity (Wildman–Crippen MR) is 127 cm³/mol. The highest BCUT2D eigenvalue weighted by atomic mass is 35.5. The van der Waals surface area contributed by atoms with Gasteiger partial charge in [0.15, 0.2) is 17.4 Å². The fourth-order valence-corrected chi connectivity index (χ4v) is 5.10. The summed E-state index contributed by atoms with van der Waals surface area (Å²) in [5, 5.41) is 20.1. The molecule has 1 heterocycles. The lowest BCUT2D eigenvalue weighted by atomic mass is 9.98. The fourth-order valence-electron chi connectivity index (χ4n) is 3.64. The molecule has 0 aliphatic heterocycles. The van der Waals surface area contributed by atoms with Crippen LogP contribution in [0.1, 0.15) is 31.9 Å². The average molecular weight is 480 g/mol. The maximum atomic E-state index is 13.6. The minimum Gasteiger partial charge on any atom is -0.508 e. The van der Waals surface area contributed by atoms with Crippen LogP contribution in [0.3, 0.4) is 0 Å². The van der Waals surface area contributed by atoms with Gasteiger partial charge in [0, 0.05) is 33.9 Å². The number of aromatic hydroxyl groups is 1. The summed E-state index contributed by atoms with van der Waals surface area (Å²) in [7, 11) is 0. The molecular weight excluding hydrogens is 460 g/mol. The van der Waals surface area contributed by atoms with Crippen molar-refractivity contribution in [3.05, 3.63) is 92.8 Å². The van der Waals surface area contributed by atoms with Crippen molar-refractivity contribution in [1.29, 1.82) is 0 Å². The highest BCUT2D eigenvalue weighted by Gasteiger charge is 2.25. The zero-order chi connectivity index (χ0) is 23.7. The average Bonchev–Trinajstić information content (AvgIpc) is 3.09. The van der Waals surface area contributed by atoms with E-state index in [0.717, 1.165) is 21.9 Å². The Balaban J connectivity index is 1.79. The molecule has 0 radical (unpaired) electrons. The topological polar surface area (TPSA) is 83.8 Å². The van der Waals surface area contributed by atoms with Gasteiger partial charge in [-0.1, -0.05) is 12.1 Å². The number of phenols is 1. The van der Waals surface area contributed by atoms with E-state index in [1.165, 1.54) is 17.4 Å². The van der Waals surface area contributed by atoms with Crippen molar-refractivity contribution in [2.24, 2.45) is 0 Å². The van der Waals surface area contributed by atoms with Gasteiger partial charge in [0.25, 0.3) is 0 Å². The molecule has 0 bridgehead atoms. The first kappa shape index (κ1) is 22.6. The highest BCUT2D eigenvalue weighted by molar-refractivity contribution is 7.21. The van der Waals surface area contributed by atoms with E-state index in [2.05, 4.69) is 0 Å². The number of carboxylic acid groups (broad SMARTS) is 1. The number of aryl methyl sites for hydroxylation is 2. The number of phenolic OH excluding ortho intramolecular Hbond substituents is 1. The number of carboxylic acids is 1. The van der Waals surface area contributed by atoms with Gasteiger partial charge < -0.3 is 14.9 Å². The van der Waals surface area contributed by atoms with Gasteiger partial charge in [-0.05, 0) is 66.9 Å². The van der Waals surface area contributed by atoms with E-state index in [9.17, 15) is 14.7 Å².